The van der Waals surface area contributed by atoms with Crippen molar-refractivity contribution in [1.82, 2.24) is 9.55 Å². The lowest BCUT2D eigenvalue weighted by atomic mass is 9.78. The Bertz CT molecular complexity index is 845. The van der Waals surface area contributed by atoms with E-state index in [0.717, 1.165) is 37.8 Å². The third-order valence-electron chi connectivity index (χ3n) is 5.38. The Labute approximate surface area is 156 Å². The average molecular weight is 378 g/mol. The van der Waals surface area contributed by atoms with Gasteiger partial charge in [0, 0.05) is 16.8 Å². The van der Waals surface area contributed by atoms with E-state index in [1.165, 1.54) is 6.07 Å². The molecule has 0 bridgehead atoms. The van der Waals surface area contributed by atoms with E-state index in [2.05, 4.69) is 10.1 Å². The molecule has 2 aliphatic rings. The predicted octanol–water partition coefficient (Wildman–Crippen LogP) is 4.02. The number of hydrogen-bond acceptors (Lipinski definition) is 4. The maximum absolute atomic E-state index is 14.7. The number of oxime groups is 1. The van der Waals surface area contributed by atoms with Gasteiger partial charge in [-0.05, 0) is 44.7 Å². The van der Waals surface area contributed by atoms with Gasteiger partial charge in [0.1, 0.15) is 23.7 Å². The van der Waals surface area contributed by atoms with Gasteiger partial charge in [-0.1, -0.05) is 29.2 Å². The summed E-state index contributed by atoms with van der Waals surface area (Å²) < 4.78 is 16.5. The Morgan fingerprint density at radius 3 is 2.77 bits per heavy atom. The largest absolute Gasteiger partial charge is 0.386 e. The molecule has 2 aromatic rings. The van der Waals surface area contributed by atoms with Gasteiger partial charge in [-0.2, -0.15) is 0 Å². The van der Waals surface area contributed by atoms with Crippen LogP contribution in [-0.2, 0) is 4.84 Å². The molecule has 1 spiro atoms. The van der Waals surface area contributed by atoms with Crippen LogP contribution in [0.4, 0.5) is 4.39 Å². The van der Waals surface area contributed by atoms with E-state index >= 15 is 0 Å². The monoisotopic (exact) mass is 377 g/mol. The Morgan fingerprint density at radius 2 is 2.12 bits per heavy atom. The predicted molar refractivity (Wildman–Crippen MR) is 96.9 cm³/mol. The van der Waals surface area contributed by atoms with Crippen LogP contribution in [-0.4, -0.2) is 32.1 Å². The molecule has 1 aliphatic heterocycles. The Balaban J connectivity index is 1.76. The third-order valence-corrected chi connectivity index (χ3v) is 5.61. The molecular formula is C19H21ClFN3O2. The molecule has 0 amide bonds. The molecule has 1 N–H and O–H groups in total. The molecule has 4 rings (SSSR count). The molecule has 1 aromatic carbocycles. The van der Waals surface area contributed by atoms with Crippen molar-refractivity contribution in [3.8, 4) is 0 Å². The second kappa shape index (κ2) is 6.67. The molecule has 1 aliphatic carbocycles. The van der Waals surface area contributed by atoms with Gasteiger partial charge in [0.05, 0.1) is 12.0 Å². The highest BCUT2D eigenvalue weighted by molar-refractivity contribution is 6.30. The highest BCUT2D eigenvalue weighted by atomic mass is 35.5. The lowest BCUT2D eigenvalue weighted by Gasteiger charge is -2.34. The van der Waals surface area contributed by atoms with Crippen molar-refractivity contribution >= 4 is 17.3 Å². The summed E-state index contributed by atoms with van der Waals surface area (Å²) >= 11 is 5.91. The van der Waals surface area contributed by atoms with Crippen LogP contribution in [0.5, 0.6) is 0 Å². The molecule has 1 saturated carbocycles. The lowest BCUT2D eigenvalue weighted by molar-refractivity contribution is -0.0972. The molecule has 1 aromatic heterocycles. The maximum atomic E-state index is 14.7. The zero-order valence-corrected chi connectivity index (χ0v) is 15.3. The Hall–Kier alpha value is -1.92. The van der Waals surface area contributed by atoms with Gasteiger partial charge in [0.15, 0.2) is 5.60 Å². The average Bonchev–Trinajstić information content (AvgIpc) is 3.17. The number of nitrogens with zero attached hydrogens (tertiary/aromatic N) is 3. The van der Waals surface area contributed by atoms with E-state index < -0.39 is 23.6 Å². The molecule has 26 heavy (non-hydrogen) atoms. The molecular weight excluding hydrogens is 357 g/mol. The maximum Gasteiger partial charge on any atom is 0.168 e. The molecule has 2 unspecified atom stereocenters. The number of aryl methyl sites for hydroxylation is 1. The van der Waals surface area contributed by atoms with Gasteiger partial charge < -0.3 is 14.5 Å². The number of hydrogen-bond donors (Lipinski definition) is 1. The van der Waals surface area contributed by atoms with Crippen LogP contribution in [0.25, 0.3) is 0 Å². The van der Waals surface area contributed by atoms with Crippen LogP contribution in [0.3, 0.4) is 0 Å². The van der Waals surface area contributed by atoms with Gasteiger partial charge >= 0.3 is 0 Å². The summed E-state index contributed by atoms with van der Waals surface area (Å²) in [7, 11) is 0. The van der Waals surface area contributed by atoms with Crippen molar-refractivity contribution < 1.29 is 14.3 Å². The minimum Gasteiger partial charge on any atom is -0.386 e. The van der Waals surface area contributed by atoms with Gasteiger partial charge in [-0.25, -0.2) is 9.37 Å². The van der Waals surface area contributed by atoms with Gasteiger partial charge in [0.25, 0.3) is 0 Å². The number of benzene rings is 1. The standard InChI is InChI=1S/C19H21ClFN3O2/c1-12-10-24(11-22-12)17(14-6-5-13(20)9-15(14)21)16-18(25)19(26-23-16)7-3-2-4-8-19/h5-6,9-11,17-18,25H,2-4,7-8H2,1H3. The number of imidazole rings is 1. The van der Waals surface area contributed by atoms with Crippen molar-refractivity contribution in [2.45, 2.75) is 56.8 Å². The summed E-state index contributed by atoms with van der Waals surface area (Å²) in [6, 6.07) is 3.89. The first-order valence-corrected chi connectivity index (χ1v) is 9.27. The second-order valence-corrected chi connectivity index (χ2v) is 7.60. The number of aliphatic hydroxyl groups is 1. The van der Waals surface area contributed by atoms with E-state index in [-0.39, 0.29) is 0 Å². The van der Waals surface area contributed by atoms with Crippen molar-refractivity contribution in [2.24, 2.45) is 5.16 Å². The first kappa shape index (κ1) is 17.5. The quantitative estimate of drug-likeness (QED) is 0.878. The number of halogens is 2. The molecule has 7 heteroatoms. The van der Waals surface area contributed by atoms with Crippen LogP contribution in [0.15, 0.2) is 35.9 Å². The van der Waals surface area contributed by atoms with Crippen molar-refractivity contribution in [2.75, 3.05) is 0 Å². The van der Waals surface area contributed by atoms with Crippen LogP contribution >= 0.6 is 11.6 Å². The molecule has 0 radical (unpaired) electrons. The summed E-state index contributed by atoms with van der Waals surface area (Å²) in [4.78, 5) is 10.0. The number of aliphatic hydroxyl groups excluding tert-OH is 1. The Kier molecular flexibility index (Phi) is 4.49. The topological polar surface area (TPSA) is 59.6 Å². The first-order chi connectivity index (χ1) is 12.5. The molecule has 2 heterocycles. The number of aromatic nitrogens is 2. The van der Waals surface area contributed by atoms with Crippen molar-refractivity contribution in [3.63, 3.8) is 0 Å². The summed E-state index contributed by atoms with van der Waals surface area (Å²) in [5.74, 6) is -0.451. The van der Waals surface area contributed by atoms with Gasteiger partial charge in [0.2, 0.25) is 0 Å². The van der Waals surface area contributed by atoms with E-state index in [9.17, 15) is 9.50 Å². The van der Waals surface area contributed by atoms with Crippen LogP contribution in [0.2, 0.25) is 5.02 Å². The smallest absolute Gasteiger partial charge is 0.168 e. The summed E-state index contributed by atoms with van der Waals surface area (Å²) in [6.45, 7) is 1.86. The van der Waals surface area contributed by atoms with Crippen LogP contribution < -0.4 is 0 Å². The van der Waals surface area contributed by atoms with E-state index in [1.54, 1.807) is 29.2 Å². The molecule has 0 saturated heterocycles. The fourth-order valence-electron chi connectivity index (χ4n) is 4.00. The highest BCUT2D eigenvalue weighted by Crippen LogP contribution is 2.42. The van der Waals surface area contributed by atoms with E-state index in [4.69, 9.17) is 16.4 Å². The number of rotatable bonds is 3. The minimum atomic E-state index is -0.884. The SMILES string of the molecule is Cc1cn(C(C2=NOC3(CCCCC3)C2O)c2ccc(Cl)cc2F)cn1. The van der Waals surface area contributed by atoms with Crippen LogP contribution in [0, 0.1) is 12.7 Å². The summed E-state index contributed by atoms with van der Waals surface area (Å²) in [5, 5.41) is 15.6. The second-order valence-electron chi connectivity index (χ2n) is 7.17. The summed E-state index contributed by atoms with van der Waals surface area (Å²) in [5.41, 5.74) is 0.891. The third kappa shape index (κ3) is 2.91. The van der Waals surface area contributed by atoms with Crippen LogP contribution in [0.1, 0.15) is 49.4 Å². The fourth-order valence-corrected chi connectivity index (χ4v) is 4.16. The lowest BCUT2D eigenvalue weighted by Crippen LogP contribution is -2.47. The van der Waals surface area contributed by atoms with E-state index in [0.29, 0.717) is 16.3 Å². The zero-order valence-electron chi connectivity index (χ0n) is 14.5. The highest BCUT2D eigenvalue weighted by Gasteiger charge is 2.51. The Morgan fingerprint density at radius 1 is 1.35 bits per heavy atom. The minimum absolute atomic E-state index is 0.320. The normalized spacial score (nSPS) is 22.9. The van der Waals surface area contributed by atoms with Gasteiger partial charge in [-0.15, -0.1) is 0 Å². The first-order valence-electron chi connectivity index (χ1n) is 8.89. The molecule has 2 atom stereocenters. The van der Waals surface area contributed by atoms with Gasteiger partial charge in [-0.3, -0.25) is 0 Å². The molecule has 1 fully saturated rings. The van der Waals surface area contributed by atoms with Crippen molar-refractivity contribution in [3.05, 3.63) is 52.8 Å². The molecule has 138 valence electrons. The van der Waals surface area contributed by atoms with E-state index in [1.807, 2.05) is 6.92 Å². The van der Waals surface area contributed by atoms with Crippen molar-refractivity contribution in [1.29, 1.82) is 0 Å². The summed E-state index contributed by atoms with van der Waals surface area (Å²) in [6.07, 6.45) is 7.15. The fraction of sp³-hybridized carbons (Fsp3) is 0.474. The zero-order chi connectivity index (χ0) is 18.3. The molecule has 5 nitrogen and oxygen atoms in total.